The van der Waals surface area contributed by atoms with Crippen LogP contribution in [0.4, 0.5) is 0 Å². The molecule has 0 saturated carbocycles. The van der Waals surface area contributed by atoms with Crippen LogP contribution >= 0.6 is 0 Å². The van der Waals surface area contributed by atoms with Crippen LogP contribution < -0.4 is 4.74 Å². The standard InChI is InChI=1S/C11H12O3/c1-2-3-8-14-10-6-4-9(5-7-10)11(12)13/h3-8H,2H2,1H3,(H,12,13). The van der Waals surface area contributed by atoms with Crippen molar-refractivity contribution >= 4 is 5.97 Å². The number of carboxylic acid groups (broad SMARTS) is 1. The zero-order chi connectivity index (χ0) is 10.4. The number of rotatable bonds is 4. The molecule has 1 aromatic rings. The topological polar surface area (TPSA) is 46.5 Å². The van der Waals surface area contributed by atoms with E-state index in [1.807, 2.05) is 13.0 Å². The molecule has 3 heteroatoms. The lowest BCUT2D eigenvalue weighted by Crippen LogP contribution is -1.95. The van der Waals surface area contributed by atoms with Gasteiger partial charge in [-0.3, -0.25) is 0 Å². The molecule has 0 bridgehead atoms. The summed E-state index contributed by atoms with van der Waals surface area (Å²) < 4.78 is 5.21. The maximum absolute atomic E-state index is 10.5. The number of hydrogen-bond acceptors (Lipinski definition) is 2. The zero-order valence-electron chi connectivity index (χ0n) is 7.93. The molecule has 0 atom stereocenters. The Morgan fingerprint density at radius 3 is 2.57 bits per heavy atom. The summed E-state index contributed by atoms with van der Waals surface area (Å²) in [6, 6.07) is 6.28. The molecule has 0 amide bonds. The van der Waals surface area contributed by atoms with Crippen LogP contribution in [0.3, 0.4) is 0 Å². The summed E-state index contributed by atoms with van der Waals surface area (Å²) in [6.07, 6.45) is 4.38. The molecule has 0 aliphatic rings. The Labute approximate surface area is 82.6 Å². The molecule has 74 valence electrons. The smallest absolute Gasteiger partial charge is 0.335 e. The summed E-state index contributed by atoms with van der Waals surface area (Å²) in [5, 5.41) is 8.64. The minimum absolute atomic E-state index is 0.261. The largest absolute Gasteiger partial charge is 0.478 e. The van der Waals surface area contributed by atoms with Crippen molar-refractivity contribution in [2.75, 3.05) is 0 Å². The third-order valence-corrected chi connectivity index (χ3v) is 1.64. The fourth-order valence-corrected chi connectivity index (χ4v) is 0.899. The van der Waals surface area contributed by atoms with Crippen LogP contribution in [-0.4, -0.2) is 11.1 Å². The van der Waals surface area contributed by atoms with Crippen molar-refractivity contribution < 1.29 is 14.6 Å². The molecule has 0 radical (unpaired) electrons. The van der Waals surface area contributed by atoms with Crippen molar-refractivity contribution in [2.45, 2.75) is 13.3 Å². The van der Waals surface area contributed by atoms with Gasteiger partial charge in [-0.1, -0.05) is 6.92 Å². The first kappa shape index (κ1) is 10.3. The maximum Gasteiger partial charge on any atom is 0.335 e. The van der Waals surface area contributed by atoms with Crippen LogP contribution in [0.2, 0.25) is 0 Å². The monoisotopic (exact) mass is 192 g/mol. The molecule has 0 fully saturated rings. The van der Waals surface area contributed by atoms with Gasteiger partial charge in [-0.25, -0.2) is 4.79 Å². The highest BCUT2D eigenvalue weighted by molar-refractivity contribution is 5.87. The van der Waals surface area contributed by atoms with Crippen molar-refractivity contribution in [2.24, 2.45) is 0 Å². The number of hydrogen-bond donors (Lipinski definition) is 1. The van der Waals surface area contributed by atoms with Gasteiger partial charge in [0.1, 0.15) is 5.75 Å². The van der Waals surface area contributed by atoms with E-state index in [1.165, 1.54) is 12.1 Å². The van der Waals surface area contributed by atoms with E-state index < -0.39 is 5.97 Å². The number of carboxylic acids is 1. The SMILES string of the molecule is CCC=COc1ccc(C(=O)O)cc1. The fourth-order valence-electron chi connectivity index (χ4n) is 0.899. The molecule has 0 unspecified atom stereocenters. The van der Waals surface area contributed by atoms with Crippen LogP contribution in [0.15, 0.2) is 36.6 Å². The summed E-state index contributed by atoms with van der Waals surface area (Å²) in [5.41, 5.74) is 0.261. The van der Waals surface area contributed by atoms with Crippen molar-refractivity contribution in [3.63, 3.8) is 0 Å². The van der Waals surface area contributed by atoms with E-state index in [-0.39, 0.29) is 5.56 Å². The second-order valence-corrected chi connectivity index (χ2v) is 2.73. The minimum atomic E-state index is -0.930. The Kier molecular flexibility index (Phi) is 3.73. The zero-order valence-corrected chi connectivity index (χ0v) is 7.93. The molecule has 0 spiro atoms. The van der Waals surface area contributed by atoms with Crippen LogP contribution in [-0.2, 0) is 0 Å². The van der Waals surface area contributed by atoms with Gasteiger partial charge in [-0.05, 0) is 36.8 Å². The Morgan fingerprint density at radius 1 is 1.43 bits per heavy atom. The number of aromatic carboxylic acids is 1. The Bertz CT molecular complexity index is 325. The molecule has 3 nitrogen and oxygen atoms in total. The second kappa shape index (κ2) is 5.07. The van der Waals surface area contributed by atoms with Gasteiger partial charge in [-0.15, -0.1) is 0 Å². The predicted octanol–water partition coefficient (Wildman–Crippen LogP) is 2.69. The number of benzene rings is 1. The lowest BCUT2D eigenvalue weighted by Gasteiger charge is -1.99. The molecular weight excluding hydrogens is 180 g/mol. The summed E-state index contributed by atoms with van der Waals surface area (Å²) in [6.45, 7) is 2.01. The predicted molar refractivity (Wildman–Crippen MR) is 53.5 cm³/mol. The molecular formula is C11H12O3. The molecule has 0 heterocycles. The molecule has 0 saturated heterocycles. The Hall–Kier alpha value is -1.77. The van der Waals surface area contributed by atoms with Crippen molar-refractivity contribution in [1.29, 1.82) is 0 Å². The first-order valence-corrected chi connectivity index (χ1v) is 4.39. The summed E-state index contributed by atoms with van der Waals surface area (Å²) in [4.78, 5) is 10.5. The van der Waals surface area contributed by atoms with E-state index >= 15 is 0 Å². The van der Waals surface area contributed by atoms with Crippen LogP contribution in [0.5, 0.6) is 5.75 Å². The highest BCUT2D eigenvalue weighted by Gasteiger charge is 2.00. The Balaban J connectivity index is 2.64. The van der Waals surface area contributed by atoms with Gasteiger partial charge in [0, 0.05) is 0 Å². The van der Waals surface area contributed by atoms with E-state index in [9.17, 15) is 4.79 Å². The van der Waals surface area contributed by atoms with Crippen LogP contribution in [0.25, 0.3) is 0 Å². The van der Waals surface area contributed by atoms with E-state index in [0.29, 0.717) is 5.75 Å². The van der Waals surface area contributed by atoms with E-state index in [2.05, 4.69) is 0 Å². The second-order valence-electron chi connectivity index (χ2n) is 2.73. The average Bonchev–Trinajstić information content (AvgIpc) is 2.19. The average molecular weight is 192 g/mol. The normalized spacial score (nSPS) is 10.4. The van der Waals surface area contributed by atoms with E-state index in [1.54, 1.807) is 18.4 Å². The molecule has 1 aromatic carbocycles. The summed E-state index contributed by atoms with van der Waals surface area (Å²) in [5.74, 6) is -0.291. The van der Waals surface area contributed by atoms with Gasteiger partial charge in [0.05, 0.1) is 11.8 Å². The van der Waals surface area contributed by atoms with Crippen molar-refractivity contribution in [1.82, 2.24) is 0 Å². The molecule has 0 aliphatic heterocycles. The van der Waals surface area contributed by atoms with Crippen LogP contribution in [0.1, 0.15) is 23.7 Å². The highest BCUT2D eigenvalue weighted by Crippen LogP contribution is 2.12. The van der Waals surface area contributed by atoms with E-state index in [4.69, 9.17) is 9.84 Å². The van der Waals surface area contributed by atoms with Crippen molar-refractivity contribution in [3.05, 3.63) is 42.2 Å². The quantitative estimate of drug-likeness (QED) is 0.746. The fraction of sp³-hybridized carbons (Fsp3) is 0.182. The number of carbonyl (C=O) groups is 1. The van der Waals surface area contributed by atoms with Crippen LogP contribution in [0, 0.1) is 0 Å². The third-order valence-electron chi connectivity index (χ3n) is 1.64. The van der Waals surface area contributed by atoms with Gasteiger partial charge in [0.25, 0.3) is 0 Å². The number of allylic oxidation sites excluding steroid dienone is 1. The lowest BCUT2D eigenvalue weighted by molar-refractivity contribution is 0.0697. The molecule has 1 N–H and O–H groups in total. The maximum atomic E-state index is 10.5. The summed E-state index contributed by atoms with van der Waals surface area (Å²) in [7, 11) is 0. The van der Waals surface area contributed by atoms with Gasteiger partial charge >= 0.3 is 5.97 Å². The molecule has 0 aliphatic carbocycles. The van der Waals surface area contributed by atoms with Gasteiger partial charge in [0.15, 0.2) is 0 Å². The molecule has 14 heavy (non-hydrogen) atoms. The third kappa shape index (κ3) is 2.94. The molecule has 1 rings (SSSR count). The summed E-state index contributed by atoms with van der Waals surface area (Å²) >= 11 is 0. The first-order valence-electron chi connectivity index (χ1n) is 4.39. The highest BCUT2D eigenvalue weighted by atomic mass is 16.5. The number of ether oxygens (including phenoxy) is 1. The Morgan fingerprint density at radius 2 is 2.07 bits per heavy atom. The minimum Gasteiger partial charge on any atom is -0.478 e. The lowest BCUT2D eigenvalue weighted by atomic mass is 10.2. The van der Waals surface area contributed by atoms with Gasteiger partial charge in [-0.2, -0.15) is 0 Å². The van der Waals surface area contributed by atoms with Gasteiger partial charge in [0.2, 0.25) is 0 Å². The van der Waals surface area contributed by atoms with E-state index in [0.717, 1.165) is 6.42 Å². The first-order chi connectivity index (χ1) is 6.74. The van der Waals surface area contributed by atoms with Crippen molar-refractivity contribution in [3.8, 4) is 5.75 Å². The molecule has 0 aromatic heterocycles. The van der Waals surface area contributed by atoms with Gasteiger partial charge < -0.3 is 9.84 Å².